The number of hydrogen-bond donors (Lipinski definition) is 0. The monoisotopic (exact) mass is 357 g/mol. The third-order valence-electron chi connectivity index (χ3n) is 2.89. The van der Waals surface area contributed by atoms with Gasteiger partial charge in [-0.2, -0.15) is 18.2 Å². The molecule has 0 saturated heterocycles. The molecule has 5 nitrogen and oxygen atoms in total. The van der Waals surface area contributed by atoms with Crippen LogP contribution in [0.2, 0.25) is 0 Å². The van der Waals surface area contributed by atoms with Crippen LogP contribution in [0.1, 0.15) is 5.89 Å². The second-order valence-corrected chi connectivity index (χ2v) is 5.90. The second kappa shape index (κ2) is 6.21. The fourth-order valence-corrected chi connectivity index (χ4v) is 2.80. The molecule has 3 rings (SSSR count). The van der Waals surface area contributed by atoms with Gasteiger partial charge in [-0.05, 0) is 18.2 Å². The maximum absolute atomic E-state index is 13.6. The van der Waals surface area contributed by atoms with Crippen molar-refractivity contribution >= 4 is 11.2 Å². The van der Waals surface area contributed by atoms with E-state index in [9.17, 15) is 22.1 Å². The van der Waals surface area contributed by atoms with Gasteiger partial charge in [0.25, 0.3) is 0 Å². The van der Waals surface area contributed by atoms with E-state index in [2.05, 4.69) is 19.6 Å². The molecule has 0 radical (unpaired) electrons. The zero-order valence-corrected chi connectivity index (χ0v) is 12.4. The molecule has 0 aliphatic carbocycles. The molecule has 0 saturated carbocycles. The van der Waals surface area contributed by atoms with Crippen molar-refractivity contribution in [1.82, 2.24) is 15.1 Å². The van der Waals surface area contributed by atoms with E-state index in [-0.39, 0.29) is 21.3 Å². The number of rotatable bonds is 3. The van der Waals surface area contributed by atoms with Crippen LogP contribution in [0.4, 0.5) is 17.6 Å². The summed E-state index contributed by atoms with van der Waals surface area (Å²) in [6.07, 6.45) is -3.61. The molecule has 3 aromatic rings. The van der Waals surface area contributed by atoms with E-state index in [4.69, 9.17) is 0 Å². The quantitative estimate of drug-likeness (QED) is 0.530. The molecule has 2 aromatic heterocycles. The lowest BCUT2D eigenvalue weighted by atomic mass is 10.3. The number of hydrogen-bond acceptors (Lipinski definition) is 5. The van der Waals surface area contributed by atoms with Crippen LogP contribution >= 0.6 is 0 Å². The van der Waals surface area contributed by atoms with Gasteiger partial charge < -0.3 is 9.08 Å². The van der Waals surface area contributed by atoms with Crippen LogP contribution in [0, 0.1) is 5.82 Å². The summed E-state index contributed by atoms with van der Waals surface area (Å²) in [5.74, 6) is -2.43. The molecule has 0 amide bonds. The van der Waals surface area contributed by atoms with Gasteiger partial charge >= 0.3 is 12.1 Å². The van der Waals surface area contributed by atoms with Gasteiger partial charge in [-0.3, -0.25) is 0 Å². The van der Waals surface area contributed by atoms with Crippen LogP contribution in [0.15, 0.2) is 57.0 Å². The molecular weight excluding hydrogens is 350 g/mol. The van der Waals surface area contributed by atoms with Crippen molar-refractivity contribution in [2.45, 2.75) is 16.1 Å². The van der Waals surface area contributed by atoms with Gasteiger partial charge in [-0.15, -0.1) is 0 Å². The van der Waals surface area contributed by atoms with Crippen LogP contribution in [-0.2, 0) is 17.4 Å². The molecular formula is C14H7F4N3O2S. The van der Waals surface area contributed by atoms with Crippen molar-refractivity contribution in [3.05, 3.63) is 54.3 Å². The molecule has 0 aliphatic rings. The SMILES string of the molecule is [O-][S+](c1ccc(-c2noc(C(F)(F)F)n2)cn1)c1ccccc1F. The second-order valence-electron chi connectivity index (χ2n) is 4.51. The van der Waals surface area contributed by atoms with E-state index in [1.807, 2.05) is 0 Å². The number of nitrogens with zero attached hydrogens (tertiary/aromatic N) is 3. The lowest BCUT2D eigenvalue weighted by molar-refractivity contribution is -0.159. The average molecular weight is 357 g/mol. The summed E-state index contributed by atoms with van der Waals surface area (Å²) in [5.41, 5.74) is 0.142. The van der Waals surface area contributed by atoms with Gasteiger partial charge in [-0.1, -0.05) is 17.3 Å². The maximum Gasteiger partial charge on any atom is 0.471 e. The van der Waals surface area contributed by atoms with Gasteiger partial charge in [0, 0.05) is 29.0 Å². The van der Waals surface area contributed by atoms with E-state index in [0.29, 0.717) is 0 Å². The maximum atomic E-state index is 13.6. The van der Waals surface area contributed by atoms with Crippen molar-refractivity contribution in [2.24, 2.45) is 0 Å². The van der Waals surface area contributed by atoms with Crippen molar-refractivity contribution in [1.29, 1.82) is 0 Å². The topological polar surface area (TPSA) is 74.9 Å². The highest BCUT2D eigenvalue weighted by molar-refractivity contribution is 7.91. The lowest BCUT2D eigenvalue weighted by Gasteiger charge is -2.09. The zero-order chi connectivity index (χ0) is 17.3. The van der Waals surface area contributed by atoms with Gasteiger partial charge in [0.1, 0.15) is 0 Å². The number of halogens is 4. The summed E-state index contributed by atoms with van der Waals surface area (Å²) in [7, 11) is 0. The van der Waals surface area contributed by atoms with Gasteiger partial charge in [0.15, 0.2) is 10.7 Å². The Morgan fingerprint density at radius 3 is 2.42 bits per heavy atom. The predicted octanol–water partition coefficient (Wildman–Crippen LogP) is 3.46. The van der Waals surface area contributed by atoms with Crippen LogP contribution in [0.25, 0.3) is 11.4 Å². The Morgan fingerprint density at radius 1 is 1.08 bits per heavy atom. The highest BCUT2D eigenvalue weighted by Crippen LogP contribution is 2.29. The Morgan fingerprint density at radius 2 is 1.83 bits per heavy atom. The Hall–Kier alpha value is -2.46. The van der Waals surface area contributed by atoms with Gasteiger partial charge in [-0.25, -0.2) is 9.37 Å². The first-order chi connectivity index (χ1) is 11.4. The summed E-state index contributed by atoms with van der Waals surface area (Å²) in [6, 6.07) is 8.13. The minimum atomic E-state index is -4.75. The van der Waals surface area contributed by atoms with Gasteiger partial charge in [0.2, 0.25) is 10.9 Å². The first-order valence-electron chi connectivity index (χ1n) is 6.40. The number of alkyl halides is 3. The Labute approximate surface area is 135 Å². The molecule has 124 valence electrons. The largest absolute Gasteiger partial charge is 0.605 e. The zero-order valence-electron chi connectivity index (χ0n) is 11.6. The molecule has 0 N–H and O–H groups in total. The minimum Gasteiger partial charge on any atom is -0.605 e. The van der Waals surface area contributed by atoms with E-state index in [1.165, 1.54) is 36.4 Å². The van der Waals surface area contributed by atoms with Crippen LogP contribution in [0.3, 0.4) is 0 Å². The van der Waals surface area contributed by atoms with E-state index >= 15 is 0 Å². The normalized spacial score (nSPS) is 13.0. The predicted molar refractivity (Wildman–Crippen MR) is 73.6 cm³/mol. The third kappa shape index (κ3) is 3.24. The molecule has 10 heteroatoms. The Kier molecular flexibility index (Phi) is 4.24. The van der Waals surface area contributed by atoms with Crippen LogP contribution in [0.5, 0.6) is 0 Å². The van der Waals surface area contributed by atoms with Crippen molar-refractivity contribution in [3.63, 3.8) is 0 Å². The molecule has 1 unspecified atom stereocenters. The average Bonchev–Trinajstić information content (AvgIpc) is 3.05. The lowest BCUT2D eigenvalue weighted by Crippen LogP contribution is -2.06. The fourth-order valence-electron chi connectivity index (χ4n) is 1.79. The minimum absolute atomic E-state index is 0.0448. The molecule has 1 atom stereocenters. The van der Waals surface area contributed by atoms with Crippen molar-refractivity contribution in [2.75, 3.05) is 0 Å². The molecule has 0 bridgehead atoms. The molecule has 24 heavy (non-hydrogen) atoms. The Bertz CT molecular complexity index is 852. The third-order valence-corrected chi connectivity index (χ3v) is 4.24. The van der Waals surface area contributed by atoms with Crippen LogP contribution in [-0.4, -0.2) is 19.7 Å². The first kappa shape index (κ1) is 16.4. The molecule has 1 aromatic carbocycles. The standard InChI is InChI=1S/C14H7F4N3O2S/c15-9-3-1-2-4-10(9)24(22)11-6-5-8(7-19-11)12-20-13(23-21-12)14(16,17)18/h1-7H. The molecule has 0 aliphatic heterocycles. The van der Waals surface area contributed by atoms with Crippen molar-refractivity contribution < 1.29 is 26.6 Å². The summed E-state index contributed by atoms with van der Waals surface area (Å²) in [6.45, 7) is 0. The number of aromatic nitrogens is 3. The molecule has 0 fully saturated rings. The molecule has 2 heterocycles. The van der Waals surface area contributed by atoms with E-state index < -0.39 is 29.1 Å². The summed E-state index contributed by atoms with van der Waals surface area (Å²) in [4.78, 5) is 7.05. The summed E-state index contributed by atoms with van der Waals surface area (Å²) >= 11 is -1.86. The molecule has 0 spiro atoms. The van der Waals surface area contributed by atoms with Crippen LogP contribution < -0.4 is 0 Å². The summed E-state index contributed by atoms with van der Waals surface area (Å²) in [5, 5.41) is 3.26. The number of benzene rings is 1. The summed E-state index contributed by atoms with van der Waals surface area (Å²) < 4.78 is 67.3. The Balaban J connectivity index is 1.86. The first-order valence-corrected chi connectivity index (χ1v) is 7.55. The smallest absolute Gasteiger partial charge is 0.471 e. The van der Waals surface area contributed by atoms with Crippen molar-refractivity contribution in [3.8, 4) is 11.4 Å². The fraction of sp³-hybridized carbons (Fsp3) is 0.0714. The van der Waals surface area contributed by atoms with Gasteiger partial charge in [0.05, 0.1) is 0 Å². The van der Waals surface area contributed by atoms with E-state index in [0.717, 1.165) is 6.20 Å². The van der Waals surface area contributed by atoms with E-state index in [1.54, 1.807) is 0 Å². The highest BCUT2D eigenvalue weighted by atomic mass is 32.2. The highest BCUT2D eigenvalue weighted by Gasteiger charge is 2.38. The number of pyridine rings is 1.